The fourth-order valence-electron chi connectivity index (χ4n) is 1.15. The second-order valence-corrected chi connectivity index (χ2v) is 2.80. The van der Waals surface area contributed by atoms with E-state index < -0.39 is 5.97 Å². The number of aliphatic carboxylic acids is 1. The number of carboxylic acids is 1. The van der Waals surface area contributed by atoms with Gasteiger partial charge in [0, 0.05) is 0 Å². The summed E-state index contributed by atoms with van der Waals surface area (Å²) in [6.07, 6.45) is 5.72. The van der Waals surface area contributed by atoms with Gasteiger partial charge < -0.3 is 5.11 Å². The summed E-state index contributed by atoms with van der Waals surface area (Å²) in [5, 5.41) is 16.1. The molecule has 0 aliphatic heterocycles. The summed E-state index contributed by atoms with van der Waals surface area (Å²) < 4.78 is 1.40. The highest BCUT2D eigenvalue weighted by Gasteiger charge is 2.09. The zero-order chi connectivity index (χ0) is 10.7. The van der Waals surface area contributed by atoms with Crippen LogP contribution >= 0.6 is 0 Å². The first-order valence-corrected chi connectivity index (χ1v) is 4.14. The Morgan fingerprint density at radius 3 is 2.73 bits per heavy atom. The van der Waals surface area contributed by atoms with Crippen molar-refractivity contribution in [3.8, 4) is 5.69 Å². The zero-order valence-corrected chi connectivity index (χ0v) is 7.61. The predicted octanol–water partition coefficient (Wildman–Crippen LogP) is -0.316. The fraction of sp³-hybridized carbons (Fsp3) is 0.125. The van der Waals surface area contributed by atoms with Crippen LogP contribution in [0.15, 0.2) is 24.9 Å². The predicted molar refractivity (Wildman–Crippen MR) is 48.3 cm³/mol. The summed E-state index contributed by atoms with van der Waals surface area (Å²) in [4.78, 5) is 18.2. The Labute approximate surface area is 84.4 Å². The molecule has 0 radical (unpaired) electrons. The Morgan fingerprint density at radius 2 is 2.07 bits per heavy atom. The summed E-state index contributed by atoms with van der Waals surface area (Å²) in [6.45, 7) is 0. The average Bonchev–Trinajstić information content (AvgIpc) is 2.66. The van der Waals surface area contributed by atoms with Crippen molar-refractivity contribution in [1.29, 1.82) is 0 Å². The van der Waals surface area contributed by atoms with E-state index in [-0.39, 0.29) is 6.42 Å². The van der Waals surface area contributed by atoms with Gasteiger partial charge in [-0.15, -0.1) is 5.10 Å². The minimum atomic E-state index is -0.935. The Kier molecular flexibility index (Phi) is 2.36. The minimum absolute atomic E-state index is 0.137. The number of nitrogens with zero attached hydrogens (tertiary/aromatic N) is 5. The number of rotatable bonds is 3. The number of aromatic nitrogens is 5. The third-order valence-electron chi connectivity index (χ3n) is 1.74. The molecule has 0 aliphatic carbocycles. The molecule has 0 fully saturated rings. The van der Waals surface area contributed by atoms with Crippen LogP contribution in [0, 0.1) is 0 Å². The van der Waals surface area contributed by atoms with Crippen LogP contribution in [0.3, 0.4) is 0 Å². The van der Waals surface area contributed by atoms with Gasteiger partial charge in [0.15, 0.2) is 0 Å². The van der Waals surface area contributed by atoms with Crippen LogP contribution in [-0.2, 0) is 11.2 Å². The van der Waals surface area contributed by atoms with E-state index >= 15 is 0 Å². The molecule has 0 aliphatic rings. The number of carbonyl (C=O) groups is 1. The van der Waals surface area contributed by atoms with Crippen molar-refractivity contribution in [3.05, 3.63) is 30.6 Å². The second-order valence-electron chi connectivity index (χ2n) is 2.80. The highest BCUT2D eigenvalue weighted by Crippen LogP contribution is 2.06. The molecule has 0 unspecified atom stereocenters. The van der Waals surface area contributed by atoms with Crippen LogP contribution in [0.25, 0.3) is 5.69 Å². The van der Waals surface area contributed by atoms with E-state index in [0.717, 1.165) is 0 Å². The van der Waals surface area contributed by atoms with E-state index in [4.69, 9.17) is 5.11 Å². The summed E-state index contributed by atoms with van der Waals surface area (Å²) in [5.41, 5.74) is 1.07. The van der Waals surface area contributed by atoms with Crippen molar-refractivity contribution in [2.45, 2.75) is 6.42 Å². The highest BCUT2D eigenvalue weighted by atomic mass is 16.4. The molecule has 0 saturated carbocycles. The third kappa shape index (κ3) is 1.96. The maximum atomic E-state index is 10.6. The monoisotopic (exact) mass is 205 g/mol. The normalized spacial score (nSPS) is 10.1. The van der Waals surface area contributed by atoms with Crippen LogP contribution in [0.5, 0.6) is 0 Å². The third-order valence-corrected chi connectivity index (χ3v) is 1.74. The molecule has 2 heterocycles. The van der Waals surface area contributed by atoms with Gasteiger partial charge in [-0.1, -0.05) is 5.21 Å². The van der Waals surface area contributed by atoms with Crippen molar-refractivity contribution in [1.82, 2.24) is 25.0 Å². The van der Waals surface area contributed by atoms with Crippen molar-refractivity contribution in [3.63, 3.8) is 0 Å². The van der Waals surface area contributed by atoms with Crippen LogP contribution in [-0.4, -0.2) is 36.0 Å². The van der Waals surface area contributed by atoms with Gasteiger partial charge in [0.25, 0.3) is 0 Å². The van der Waals surface area contributed by atoms with Crippen molar-refractivity contribution in [2.24, 2.45) is 0 Å². The van der Waals surface area contributed by atoms with Gasteiger partial charge >= 0.3 is 5.97 Å². The molecule has 0 saturated heterocycles. The van der Waals surface area contributed by atoms with Gasteiger partial charge in [-0.2, -0.15) is 0 Å². The van der Waals surface area contributed by atoms with Crippen LogP contribution in [0.4, 0.5) is 0 Å². The van der Waals surface area contributed by atoms with E-state index in [0.29, 0.717) is 11.4 Å². The fourth-order valence-corrected chi connectivity index (χ4v) is 1.15. The molecular weight excluding hydrogens is 198 g/mol. The molecule has 7 heteroatoms. The van der Waals surface area contributed by atoms with E-state index in [1.54, 1.807) is 0 Å². The molecule has 1 N–H and O–H groups in total. The SMILES string of the molecule is O=C(O)Cc1cnnn1-c1cncnc1. The lowest BCUT2D eigenvalue weighted by atomic mass is 10.3. The molecule has 0 atom stereocenters. The zero-order valence-electron chi connectivity index (χ0n) is 7.61. The molecule has 15 heavy (non-hydrogen) atoms. The first-order chi connectivity index (χ1) is 7.27. The smallest absolute Gasteiger partial charge is 0.309 e. The summed E-state index contributed by atoms with van der Waals surface area (Å²) >= 11 is 0. The quantitative estimate of drug-likeness (QED) is 0.738. The molecule has 0 bridgehead atoms. The lowest BCUT2D eigenvalue weighted by molar-refractivity contribution is -0.136. The van der Waals surface area contributed by atoms with Gasteiger partial charge in [0.2, 0.25) is 0 Å². The highest BCUT2D eigenvalue weighted by molar-refractivity contribution is 5.69. The van der Waals surface area contributed by atoms with E-state index in [9.17, 15) is 4.79 Å². The van der Waals surface area contributed by atoms with Gasteiger partial charge in [-0.05, 0) is 0 Å². The Bertz CT molecular complexity index is 467. The van der Waals surface area contributed by atoms with Gasteiger partial charge in [0.1, 0.15) is 12.0 Å². The maximum absolute atomic E-state index is 10.6. The number of hydrogen-bond acceptors (Lipinski definition) is 5. The molecule has 0 amide bonds. The lowest BCUT2D eigenvalue weighted by Gasteiger charge is -2.01. The van der Waals surface area contributed by atoms with E-state index in [1.807, 2.05) is 0 Å². The van der Waals surface area contributed by atoms with E-state index in [2.05, 4.69) is 20.3 Å². The topological polar surface area (TPSA) is 93.8 Å². The van der Waals surface area contributed by atoms with Gasteiger partial charge in [0.05, 0.1) is 30.7 Å². The van der Waals surface area contributed by atoms with Crippen molar-refractivity contribution in [2.75, 3.05) is 0 Å². The number of hydrogen-bond donors (Lipinski definition) is 1. The molecular formula is C8H7N5O2. The van der Waals surface area contributed by atoms with Crippen molar-refractivity contribution >= 4 is 5.97 Å². The average molecular weight is 205 g/mol. The Morgan fingerprint density at radius 1 is 1.33 bits per heavy atom. The summed E-state index contributed by atoms with van der Waals surface area (Å²) in [5.74, 6) is -0.935. The molecule has 2 aromatic rings. The maximum Gasteiger partial charge on any atom is 0.309 e. The molecule has 7 nitrogen and oxygen atoms in total. The number of carboxylic acid groups (broad SMARTS) is 1. The summed E-state index contributed by atoms with van der Waals surface area (Å²) in [6, 6.07) is 0. The van der Waals surface area contributed by atoms with Crippen LogP contribution in [0.2, 0.25) is 0 Å². The standard InChI is InChI=1S/C8H7N5O2/c14-8(15)1-6-4-11-12-13(6)7-2-9-5-10-3-7/h2-5H,1H2,(H,14,15). The van der Waals surface area contributed by atoms with Crippen LogP contribution < -0.4 is 0 Å². The molecule has 0 aromatic carbocycles. The minimum Gasteiger partial charge on any atom is -0.481 e. The lowest BCUT2D eigenvalue weighted by Crippen LogP contribution is -2.08. The van der Waals surface area contributed by atoms with Gasteiger partial charge in [-0.25, -0.2) is 14.6 Å². The largest absolute Gasteiger partial charge is 0.481 e. The molecule has 76 valence electrons. The molecule has 2 rings (SSSR count). The second kappa shape index (κ2) is 3.82. The van der Waals surface area contributed by atoms with Crippen LogP contribution in [0.1, 0.15) is 5.69 Å². The molecule has 2 aromatic heterocycles. The first kappa shape index (κ1) is 9.25. The Balaban J connectivity index is 2.37. The summed E-state index contributed by atoms with van der Waals surface area (Å²) in [7, 11) is 0. The Hall–Kier alpha value is -2.31. The molecule has 0 spiro atoms. The first-order valence-electron chi connectivity index (χ1n) is 4.14. The van der Waals surface area contributed by atoms with Crippen molar-refractivity contribution < 1.29 is 9.90 Å². The van der Waals surface area contributed by atoms with Gasteiger partial charge in [-0.3, -0.25) is 4.79 Å². The van der Waals surface area contributed by atoms with E-state index in [1.165, 1.54) is 29.6 Å².